The van der Waals surface area contributed by atoms with Crippen molar-refractivity contribution in [1.29, 1.82) is 0 Å². The lowest BCUT2D eigenvalue weighted by Crippen LogP contribution is -1.97. The molecule has 0 N–H and O–H groups in total. The second-order valence-electron chi connectivity index (χ2n) is 4.14. The first-order valence-corrected chi connectivity index (χ1v) is 5.19. The highest BCUT2D eigenvalue weighted by atomic mass is 14.4. The molecule has 3 aliphatic rings. The van der Waals surface area contributed by atoms with E-state index in [-0.39, 0.29) is 0 Å². The average Bonchev–Trinajstić information content (AvgIpc) is 2.62. The van der Waals surface area contributed by atoms with Crippen LogP contribution in [0.15, 0.2) is 47.6 Å². The molecule has 0 saturated heterocycles. The molecule has 0 amide bonds. The van der Waals surface area contributed by atoms with E-state index in [0.29, 0.717) is 0 Å². The molecule has 3 aliphatic carbocycles. The molecule has 0 fully saturated rings. The first-order valence-electron chi connectivity index (χ1n) is 5.19. The second kappa shape index (κ2) is 2.73. The van der Waals surface area contributed by atoms with Gasteiger partial charge in [-0.25, -0.2) is 0 Å². The van der Waals surface area contributed by atoms with Crippen molar-refractivity contribution in [3.05, 3.63) is 47.6 Å². The smallest absolute Gasteiger partial charge is 0.00266 e. The third kappa shape index (κ3) is 1.05. The van der Waals surface area contributed by atoms with Crippen LogP contribution >= 0.6 is 0 Å². The summed E-state index contributed by atoms with van der Waals surface area (Å²) in [7, 11) is 0. The summed E-state index contributed by atoms with van der Waals surface area (Å²) in [6.45, 7) is 0. The summed E-state index contributed by atoms with van der Waals surface area (Å²) in [6, 6.07) is 0. The Morgan fingerprint density at radius 1 is 1.08 bits per heavy atom. The second-order valence-corrected chi connectivity index (χ2v) is 4.14. The van der Waals surface area contributed by atoms with Gasteiger partial charge in [0.05, 0.1) is 0 Å². The summed E-state index contributed by atoms with van der Waals surface area (Å²) >= 11 is 0. The summed E-state index contributed by atoms with van der Waals surface area (Å²) in [4.78, 5) is 0. The minimum atomic E-state index is 0.753. The maximum absolute atomic E-state index is 2.41. The minimum Gasteiger partial charge on any atom is -0.0842 e. The van der Waals surface area contributed by atoms with Crippen molar-refractivity contribution < 1.29 is 0 Å². The van der Waals surface area contributed by atoms with Gasteiger partial charge in [-0.3, -0.25) is 0 Å². The Hall–Kier alpha value is -1.04. The Kier molecular flexibility index (Phi) is 1.55. The SMILES string of the molecule is C1=CCCC2=C(C=C1)C1C=CC2C1. The van der Waals surface area contributed by atoms with Crippen molar-refractivity contribution in [3.8, 4) is 0 Å². The highest BCUT2D eigenvalue weighted by molar-refractivity contribution is 5.44. The summed E-state index contributed by atoms with van der Waals surface area (Å²) in [5.74, 6) is 1.54. The van der Waals surface area contributed by atoms with Crippen molar-refractivity contribution in [1.82, 2.24) is 0 Å². The van der Waals surface area contributed by atoms with Crippen LogP contribution in [0.5, 0.6) is 0 Å². The zero-order valence-electron chi connectivity index (χ0n) is 7.74. The first-order chi connectivity index (χ1) is 6.45. The van der Waals surface area contributed by atoms with Crippen LogP contribution in [0.4, 0.5) is 0 Å². The van der Waals surface area contributed by atoms with Crippen LogP contribution < -0.4 is 0 Å². The van der Waals surface area contributed by atoms with E-state index in [2.05, 4.69) is 36.5 Å². The molecule has 0 aromatic rings. The lowest BCUT2D eigenvalue weighted by Gasteiger charge is -2.13. The molecule has 0 spiro atoms. The van der Waals surface area contributed by atoms with Crippen molar-refractivity contribution in [3.63, 3.8) is 0 Å². The van der Waals surface area contributed by atoms with Crippen LogP contribution in [0.25, 0.3) is 0 Å². The molecule has 2 atom stereocenters. The molecule has 0 aromatic carbocycles. The predicted octanol–water partition coefficient (Wildman–Crippen LogP) is 3.40. The van der Waals surface area contributed by atoms with Crippen molar-refractivity contribution >= 4 is 0 Å². The van der Waals surface area contributed by atoms with Gasteiger partial charge in [-0.2, -0.15) is 0 Å². The average molecular weight is 170 g/mol. The topological polar surface area (TPSA) is 0 Å². The molecule has 0 heteroatoms. The number of hydrogen-bond acceptors (Lipinski definition) is 0. The number of hydrogen-bond donors (Lipinski definition) is 0. The normalized spacial score (nSPS) is 35.1. The molecule has 66 valence electrons. The molecule has 0 radical (unpaired) electrons. The minimum absolute atomic E-state index is 0.753. The van der Waals surface area contributed by atoms with E-state index >= 15 is 0 Å². The molecule has 0 aliphatic heterocycles. The quantitative estimate of drug-likeness (QED) is 0.489. The Balaban J connectivity index is 2.02. The van der Waals surface area contributed by atoms with Gasteiger partial charge in [0, 0.05) is 5.92 Å². The fourth-order valence-corrected chi connectivity index (χ4v) is 2.77. The van der Waals surface area contributed by atoms with Crippen LogP contribution in [-0.2, 0) is 0 Å². The van der Waals surface area contributed by atoms with Gasteiger partial charge in [0.25, 0.3) is 0 Å². The van der Waals surface area contributed by atoms with E-state index in [1.807, 2.05) is 0 Å². The van der Waals surface area contributed by atoms with Crippen molar-refractivity contribution in [2.24, 2.45) is 11.8 Å². The molecule has 0 nitrogen and oxygen atoms in total. The van der Waals surface area contributed by atoms with Crippen LogP contribution in [0.1, 0.15) is 19.3 Å². The van der Waals surface area contributed by atoms with E-state index in [4.69, 9.17) is 0 Å². The van der Waals surface area contributed by atoms with Crippen LogP contribution in [0.3, 0.4) is 0 Å². The monoisotopic (exact) mass is 170 g/mol. The summed E-state index contributed by atoms with van der Waals surface area (Å²) < 4.78 is 0. The highest BCUT2D eigenvalue weighted by Crippen LogP contribution is 2.46. The van der Waals surface area contributed by atoms with E-state index in [0.717, 1.165) is 11.8 Å². The van der Waals surface area contributed by atoms with E-state index in [9.17, 15) is 0 Å². The zero-order valence-corrected chi connectivity index (χ0v) is 7.74. The molecule has 2 bridgehead atoms. The largest absolute Gasteiger partial charge is 0.0842 e. The Labute approximate surface area is 79.3 Å². The van der Waals surface area contributed by atoms with Crippen LogP contribution in [-0.4, -0.2) is 0 Å². The molecule has 2 unspecified atom stereocenters. The van der Waals surface area contributed by atoms with Gasteiger partial charge in [-0.1, -0.05) is 42.0 Å². The number of allylic oxidation sites excluding steroid dienone is 8. The number of rotatable bonds is 0. The highest BCUT2D eigenvalue weighted by Gasteiger charge is 2.32. The lowest BCUT2D eigenvalue weighted by atomic mass is 9.92. The molecule has 3 rings (SSSR count). The predicted molar refractivity (Wildman–Crippen MR) is 55.3 cm³/mol. The summed E-state index contributed by atoms with van der Waals surface area (Å²) in [6.07, 6.45) is 17.6. The molecule has 13 heavy (non-hydrogen) atoms. The fraction of sp³-hybridized carbons (Fsp3) is 0.385. The van der Waals surface area contributed by atoms with E-state index in [1.165, 1.54) is 19.3 Å². The van der Waals surface area contributed by atoms with Crippen LogP contribution in [0, 0.1) is 11.8 Å². The summed E-state index contributed by atoms with van der Waals surface area (Å²) in [5, 5.41) is 0. The maximum Gasteiger partial charge on any atom is 0.00266 e. The van der Waals surface area contributed by atoms with Gasteiger partial charge in [0.15, 0.2) is 0 Å². The zero-order chi connectivity index (χ0) is 8.67. The van der Waals surface area contributed by atoms with Gasteiger partial charge in [-0.15, -0.1) is 0 Å². The first kappa shape index (κ1) is 7.37. The van der Waals surface area contributed by atoms with Gasteiger partial charge in [0.2, 0.25) is 0 Å². The fourth-order valence-electron chi connectivity index (χ4n) is 2.77. The van der Waals surface area contributed by atoms with Crippen molar-refractivity contribution in [2.75, 3.05) is 0 Å². The third-order valence-corrected chi connectivity index (χ3v) is 3.40. The van der Waals surface area contributed by atoms with Gasteiger partial charge >= 0.3 is 0 Å². The Morgan fingerprint density at radius 3 is 3.00 bits per heavy atom. The molecule has 0 heterocycles. The molecule has 0 saturated carbocycles. The Morgan fingerprint density at radius 2 is 2.00 bits per heavy atom. The van der Waals surface area contributed by atoms with E-state index < -0.39 is 0 Å². The molecule has 0 aromatic heterocycles. The van der Waals surface area contributed by atoms with Crippen molar-refractivity contribution in [2.45, 2.75) is 19.3 Å². The van der Waals surface area contributed by atoms with Gasteiger partial charge in [0.1, 0.15) is 0 Å². The van der Waals surface area contributed by atoms with Crippen LogP contribution in [0.2, 0.25) is 0 Å². The molecular weight excluding hydrogens is 156 g/mol. The van der Waals surface area contributed by atoms with Gasteiger partial charge in [-0.05, 0) is 30.8 Å². The van der Waals surface area contributed by atoms with E-state index in [1.54, 1.807) is 11.1 Å². The number of fused-ring (bicyclic) bond motifs is 4. The Bertz CT molecular complexity index is 339. The lowest BCUT2D eigenvalue weighted by molar-refractivity contribution is 0.691. The standard InChI is InChI=1S/C13H14/c1-2-4-6-13-11-8-7-10(9-11)12(13)5-3-1/h1-3,5,7-8,10-11H,4,6,9H2. The third-order valence-electron chi connectivity index (χ3n) is 3.40. The summed E-state index contributed by atoms with van der Waals surface area (Å²) in [5.41, 5.74) is 3.34. The molecular formula is C13H14. The van der Waals surface area contributed by atoms with Gasteiger partial charge < -0.3 is 0 Å². The maximum atomic E-state index is 2.41.